The van der Waals surface area contributed by atoms with Crippen LogP contribution in [0, 0.1) is 24.2 Å². The molecule has 2 aliphatic rings. The number of aliphatic hydroxyl groups is 1. The Morgan fingerprint density at radius 3 is 2.55 bits per heavy atom. The normalized spacial score (nSPS) is 19.8. The molecule has 0 fully saturated rings. The Bertz CT molecular complexity index is 964. The highest BCUT2D eigenvalue weighted by atomic mass is 16.6. The number of esters is 1. The summed E-state index contributed by atoms with van der Waals surface area (Å²) in [6.07, 6.45) is 0.328. The lowest BCUT2D eigenvalue weighted by Gasteiger charge is -2.33. The Morgan fingerprint density at radius 2 is 1.94 bits per heavy atom. The van der Waals surface area contributed by atoms with Gasteiger partial charge in [-0.05, 0) is 48.3 Å². The zero-order valence-electron chi connectivity index (χ0n) is 21.2. The summed E-state index contributed by atoms with van der Waals surface area (Å²) >= 11 is 0. The highest BCUT2D eigenvalue weighted by Crippen LogP contribution is 2.44. The Labute approximate surface area is 197 Å². The molecular formula is C27H38O6. The highest BCUT2D eigenvalue weighted by molar-refractivity contribution is 5.94. The Kier molecular flexibility index (Phi) is 7.47. The van der Waals surface area contributed by atoms with Gasteiger partial charge in [0.25, 0.3) is 0 Å². The Morgan fingerprint density at radius 1 is 1.24 bits per heavy atom. The van der Waals surface area contributed by atoms with Crippen LogP contribution in [-0.2, 0) is 20.9 Å². The molecule has 0 spiro atoms. The van der Waals surface area contributed by atoms with Crippen molar-refractivity contribution in [1.82, 2.24) is 0 Å². The maximum atomic E-state index is 13.1. The molecule has 0 saturated heterocycles. The van der Waals surface area contributed by atoms with E-state index in [4.69, 9.17) is 18.9 Å². The first kappa shape index (κ1) is 25.2. The first-order chi connectivity index (χ1) is 15.4. The van der Waals surface area contributed by atoms with Gasteiger partial charge in [0.05, 0.1) is 19.8 Å². The van der Waals surface area contributed by atoms with Crippen molar-refractivity contribution in [3.63, 3.8) is 0 Å². The van der Waals surface area contributed by atoms with Gasteiger partial charge in [0.1, 0.15) is 23.7 Å². The molecule has 0 bridgehead atoms. The summed E-state index contributed by atoms with van der Waals surface area (Å²) in [6, 6.07) is 3.90. The number of rotatable bonds is 6. The van der Waals surface area contributed by atoms with Gasteiger partial charge in [0.15, 0.2) is 11.5 Å². The molecule has 0 radical (unpaired) electrons. The van der Waals surface area contributed by atoms with Gasteiger partial charge < -0.3 is 24.1 Å². The number of hydrogen-bond donors (Lipinski definition) is 1. The number of carbonyl (C=O) groups is 1. The predicted octanol–water partition coefficient (Wildman–Crippen LogP) is 5.46. The topological polar surface area (TPSA) is 74.2 Å². The largest absolute Gasteiger partial charge is 0.496 e. The van der Waals surface area contributed by atoms with Crippen molar-refractivity contribution < 1.29 is 28.8 Å². The molecule has 1 aliphatic heterocycles. The lowest BCUT2D eigenvalue weighted by molar-refractivity contribution is -0.141. The fourth-order valence-electron chi connectivity index (χ4n) is 4.33. The van der Waals surface area contributed by atoms with E-state index in [0.29, 0.717) is 48.4 Å². The van der Waals surface area contributed by atoms with E-state index in [1.807, 2.05) is 26.0 Å². The third-order valence-corrected chi connectivity index (χ3v) is 5.77. The Balaban J connectivity index is 2.11. The first-order valence-electron chi connectivity index (χ1n) is 11.7. The van der Waals surface area contributed by atoms with Crippen LogP contribution >= 0.6 is 0 Å². The summed E-state index contributed by atoms with van der Waals surface area (Å²) in [6.45, 7) is 15.0. The molecule has 1 unspecified atom stereocenters. The van der Waals surface area contributed by atoms with Crippen molar-refractivity contribution in [2.24, 2.45) is 17.3 Å². The van der Waals surface area contributed by atoms with E-state index < -0.39 is 12.1 Å². The minimum atomic E-state index is -0.706. The quantitative estimate of drug-likeness (QED) is 0.571. The first-order valence-corrected chi connectivity index (χ1v) is 11.7. The van der Waals surface area contributed by atoms with Crippen molar-refractivity contribution in [3.05, 3.63) is 45.9 Å². The van der Waals surface area contributed by atoms with E-state index in [1.165, 1.54) is 7.11 Å². The summed E-state index contributed by atoms with van der Waals surface area (Å²) in [5, 5.41) is 10.9. The molecule has 0 aromatic heterocycles. The van der Waals surface area contributed by atoms with Crippen LogP contribution in [0.15, 0.2) is 34.8 Å². The molecule has 2 atom stereocenters. The van der Waals surface area contributed by atoms with Gasteiger partial charge in [-0.3, -0.25) is 0 Å². The molecule has 33 heavy (non-hydrogen) atoms. The zero-order chi connectivity index (χ0) is 24.5. The van der Waals surface area contributed by atoms with E-state index >= 15 is 0 Å². The summed E-state index contributed by atoms with van der Waals surface area (Å²) in [5.74, 6) is 1.76. The van der Waals surface area contributed by atoms with Gasteiger partial charge in [-0.1, -0.05) is 41.5 Å². The molecule has 1 aromatic rings. The summed E-state index contributed by atoms with van der Waals surface area (Å²) in [5.41, 5.74) is 2.71. The zero-order valence-corrected chi connectivity index (χ0v) is 21.2. The summed E-state index contributed by atoms with van der Waals surface area (Å²) in [7, 11) is 1.52. The van der Waals surface area contributed by atoms with Crippen molar-refractivity contribution in [1.29, 1.82) is 0 Å². The molecule has 182 valence electrons. The number of aryl methyl sites for hydroxylation is 1. The van der Waals surface area contributed by atoms with Crippen LogP contribution in [-0.4, -0.2) is 30.9 Å². The number of ether oxygens (including phenoxy) is 4. The molecule has 6 nitrogen and oxygen atoms in total. The third-order valence-electron chi connectivity index (χ3n) is 5.77. The number of allylic oxidation sites excluding steroid dienone is 1. The minimum Gasteiger partial charge on any atom is -0.496 e. The average molecular weight is 459 g/mol. The number of carbonyl (C=O) groups excluding carboxylic acids is 1. The molecule has 0 saturated carbocycles. The van der Waals surface area contributed by atoms with E-state index in [1.54, 1.807) is 0 Å². The van der Waals surface area contributed by atoms with Crippen LogP contribution in [0.2, 0.25) is 0 Å². The number of hydrogen-bond acceptors (Lipinski definition) is 6. The number of aliphatic hydroxyl groups excluding tert-OH is 1. The van der Waals surface area contributed by atoms with E-state index in [-0.39, 0.29) is 23.5 Å². The van der Waals surface area contributed by atoms with Crippen LogP contribution < -0.4 is 9.47 Å². The minimum absolute atomic E-state index is 0.0259. The second-order valence-electron chi connectivity index (χ2n) is 10.8. The second kappa shape index (κ2) is 9.80. The monoisotopic (exact) mass is 458 g/mol. The molecule has 1 aromatic carbocycles. The van der Waals surface area contributed by atoms with Gasteiger partial charge in [-0.15, -0.1) is 0 Å². The van der Waals surface area contributed by atoms with Crippen molar-refractivity contribution in [2.75, 3.05) is 13.7 Å². The maximum Gasteiger partial charge on any atom is 0.345 e. The maximum absolute atomic E-state index is 13.1. The molecule has 6 heteroatoms. The lowest BCUT2D eigenvalue weighted by Crippen LogP contribution is -2.30. The smallest absolute Gasteiger partial charge is 0.345 e. The SMILES string of the molecule is COC1=C([C@@H](O)CC(C)C)C(C)CC2=C1C(=O)OCc1cc(C)cc(OCC(C)(C)C)c1O2. The van der Waals surface area contributed by atoms with Crippen LogP contribution in [0.4, 0.5) is 0 Å². The van der Waals surface area contributed by atoms with Gasteiger partial charge in [0.2, 0.25) is 0 Å². The van der Waals surface area contributed by atoms with Gasteiger partial charge in [-0.2, -0.15) is 0 Å². The van der Waals surface area contributed by atoms with Crippen LogP contribution in [0.1, 0.15) is 65.5 Å². The van der Waals surface area contributed by atoms with Crippen LogP contribution in [0.5, 0.6) is 11.5 Å². The molecule has 1 aliphatic carbocycles. The third kappa shape index (κ3) is 5.72. The second-order valence-corrected chi connectivity index (χ2v) is 10.8. The average Bonchev–Trinajstić information content (AvgIpc) is 2.69. The summed E-state index contributed by atoms with van der Waals surface area (Å²) in [4.78, 5) is 13.1. The Hall–Kier alpha value is -2.47. The summed E-state index contributed by atoms with van der Waals surface area (Å²) < 4.78 is 24.0. The number of benzene rings is 1. The predicted molar refractivity (Wildman–Crippen MR) is 127 cm³/mol. The fraction of sp³-hybridized carbons (Fsp3) is 0.593. The number of methoxy groups -OCH3 is 1. The van der Waals surface area contributed by atoms with E-state index in [2.05, 4.69) is 34.6 Å². The van der Waals surface area contributed by atoms with Gasteiger partial charge in [-0.25, -0.2) is 4.79 Å². The number of cyclic esters (lactones) is 1. The highest BCUT2D eigenvalue weighted by Gasteiger charge is 2.38. The molecule has 1 N–H and O–H groups in total. The lowest BCUT2D eigenvalue weighted by atomic mass is 9.81. The van der Waals surface area contributed by atoms with Crippen LogP contribution in [0.3, 0.4) is 0 Å². The van der Waals surface area contributed by atoms with Gasteiger partial charge in [0, 0.05) is 17.6 Å². The molecular weight excluding hydrogens is 420 g/mol. The molecule has 1 heterocycles. The van der Waals surface area contributed by atoms with E-state index in [0.717, 1.165) is 16.7 Å². The fourth-order valence-corrected chi connectivity index (χ4v) is 4.33. The van der Waals surface area contributed by atoms with Crippen molar-refractivity contribution in [3.8, 4) is 11.5 Å². The van der Waals surface area contributed by atoms with E-state index in [9.17, 15) is 9.90 Å². The standard InChI is InChI=1S/C27H38O6/c1-15(2)9-19(28)22-17(4)12-20-23(25(22)30-8)26(29)31-13-18-10-16(3)11-21(24(18)33-20)32-14-27(5,6)7/h10-11,15,17,19,28H,9,12-14H2,1-8H3/t17?,19-/m0/s1. The van der Waals surface area contributed by atoms with Crippen molar-refractivity contribution >= 4 is 5.97 Å². The number of fused-ring (bicyclic) bond motifs is 1. The molecule has 0 amide bonds. The molecule has 3 rings (SSSR count). The van der Waals surface area contributed by atoms with Crippen LogP contribution in [0.25, 0.3) is 0 Å². The van der Waals surface area contributed by atoms with Gasteiger partial charge >= 0.3 is 5.97 Å². The van der Waals surface area contributed by atoms with Crippen molar-refractivity contribution in [2.45, 2.75) is 74.0 Å².